The SMILES string of the molecule is CCOc1ccc(C(=O)N[C@H](C)CC)cc1COc1ccc(Cl)cc1. The van der Waals surface area contributed by atoms with E-state index in [1.807, 2.05) is 45.0 Å². The Hall–Kier alpha value is -2.20. The van der Waals surface area contributed by atoms with Crippen LogP contribution in [0.15, 0.2) is 42.5 Å². The Morgan fingerprint density at radius 3 is 2.48 bits per heavy atom. The summed E-state index contributed by atoms with van der Waals surface area (Å²) in [6.45, 7) is 6.80. The Balaban J connectivity index is 2.16. The molecule has 1 amide bonds. The van der Waals surface area contributed by atoms with E-state index >= 15 is 0 Å². The van der Waals surface area contributed by atoms with Gasteiger partial charge < -0.3 is 14.8 Å². The molecule has 0 spiro atoms. The van der Waals surface area contributed by atoms with E-state index in [0.717, 1.165) is 17.7 Å². The van der Waals surface area contributed by atoms with Gasteiger partial charge in [0.1, 0.15) is 18.1 Å². The summed E-state index contributed by atoms with van der Waals surface area (Å²) in [5, 5.41) is 3.63. The van der Waals surface area contributed by atoms with Crippen molar-refractivity contribution in [3.63, 3.8) is 0 Å². The topological polar surface area (TPSA) is 47.6 Å². The minimum Gasteiger partial charge on any atom is -0.493 e. The van der Waals surface area contributed by atoms with E-state index < -0.39 is 0 Å². The van der Waals surface area contributed by atoms with E-state index in [-0.39, 0.29) is 11.9 Å². The number of hydrogen-bond donors (Lipinski definition) is 1. The summed E-state index contributed by atoms with van der Waals surface area (Å²) in [7, 11) is 0. The van der Waals surface area contributed by atoms with Crippen LogP contribution < -0.4 is 14.8 Å². The molecule has 0 heterocycles. The maximum absolute atomic E-state index is 12.3. The number of nitrogens with one attached hydrogen (secondary N) is 1. The minimum atomic E-state index is -0.0925. The van der Waals surface area contributed by atoms with Crippen LogP contribution >= 0.6 is 11.6 Å². The standard InChI is InChI=1S/C20H24ClNO3/c1-4-14(3)22-20(23)15-6-11-19(24-5-2)16(12-15)13-25-18-9-7-17(21)8-10-18/h6-12,14H,4-5,13H2,1-3H3,(H,22,23)/t14-/m1/s1. The first-order valence-corrected chi connectivity index (χ1v) is 8.86. The third-order valence-corrected chi connectivity index (χ3v) is 4.07. The van der Waals surface area contributed by atoms with Gasteiger partial charge in [0.15, 0.2) is 0 Å². The van der Waals surface area contributed by atoms with Gasteiger partial charge in [0.05, 0.1) is 6.61 Å². The molecular formula is C20H24ClNO3. The second kappa shape index (κ2) is 9.33. The average molecular weight is 362 g/mol. The number of halogens is 1. The lowest BCUT2D eigenvalue weighted by molar-refractivity contribution is 0.0939. The van der Waals surface area contributed by atoms with Crippen LogP contribution in [0.5, 0.6) is 11.5 Å². The molecule has 25 heavy (non-hydrogen) atoms. The van der Waals surface area contributed by atoms with Crippen molar-refractivity contribution in [2.24, 2.45) is 0 Å². The molecule has 0 unspecified atom stereocenters. The molecule has 0 aliphatic rings. The third-order valence-electron chi connectivity index (χ3n) is 3.82. The monoisotopic (exact) mass is 361 g/mol. The van der Waals surface area contributed by atoms with E-state index in [1.54, 1.807) is 18.2 Å². The fraction of sp³-hybridized carbons (Fsp3) is 0.350. The molecule has 5 heteroatoms. The van der Waals surface area contributed by atoms with Crippen molar-refractivity contribution >= 4 is 17.5 Å². The molecule has 134 valence electrons. The Bertz CT molecular complexity index is 701. The van der Waals surface area contributed by atoms with Crippen molar-refractivity contribution in [1.82, 2.24) is 5.32 Å². The predicted octanol–water partition coefficient (Wildman–Crippen LogP) is 4.85. The molecule has 2 aromatic rings. The van der Waals surface area contributed by atoms with Gasteiger partial charge in [-0.25, -0.2) is 0 Å². The fourth-order valence-corrected chi connectivity index (χ4v) is 2.36. The van der Waals surface area contributed by atoms with E-state index in [2.05, 4.69) is 5.32 Å². The van der Waals surface area contributed by atoms with Crippen LogP contribution in [0.1, 0.15) is 43.1 Å². The lowest BCUT2D eigenvalue weighted by Gasteiger charge is -2.15. The maximum atomic E-state index is 12.3. The highest BCUT2D eigenvalue weighted by Gasteiger charge is 2.13. The third kappa shape index (κ3) is 5.68. The highest BCUT2D eigenvalue weighted by atomic mass is 35.5. The molecule has 0 aliphatic carbocycles. The summed E-state index contributed by atoms with van der Waals surface area (Å²) >= 11 is 5.88. The van der Waals surface area contributed by atoms with E-state index in [0.29, 0.717) is 29.5 Å². The summed E-state index contributed by atoms with van der Waals surface area (Å²) in [5.74, 6) is 1.34. The molecule has 0 bridgehead atoms. The lowest BCUT2D eigenvalue weighted by Crippen LogP contribution is -2.32. The van der Waals surface area contributed by atoms with Gasteiger partial charge in [-0.15, -0.1) is 0 Å². The molecule has 0 radical (unpaired) electrons. The molecule has 2 rings (SSSR count). The van der Waals surface area contributed by atoms with Gasteiger partial charge in [-0.3, -0.25) is 4.79 Å². The average Bonchev–Trinajstić information content (AvgIpc) is 2.62. The number of benzene rings is 2. The van der Waals surface area contributed by atoms with Gasteiger partial charge in [-0.1, -0.05) is 18.5 Å². The van der Waals surface area contributed by atoms with Crippen LogP contribution in [0, 0.1) is 0 Å². The maximum Gasteiger partial charge on any atom is 0.251 e. The fourth-order valence-electron chi connectivity index (χ4n) is 2.23. The molecule has 0 aromatic heterocycles. The van der Waals surface area contributed by atoms with Gasteiger partial charge in [-0.2, -0.15) is 0 Å². The molecular weight excluding hydrogens is 338 g/mol. The highest BCUT2D eigenvalue weighted by Crippen LogP contribution is 2.23. The zero-order valence-corrected chi connectivity index (χ0v) is 15.6. The van der Waals surface area contributed by atoms with Crippen LogP contribution in [-0.2, 0) is 6.61 Å². The van der Waals surface area contributed by atoms with Crippen LogP contribution in [0.4, 0.5) is 0 Å². The van der Waals surface area contributed by atoms with Crippen LogP contribution in [-0.4, -0.2) is 18.6 Å². The molecule has 1 N–H and O–H groups in total. The second-order valence-corrected chi connectivity index (χ2v) is 6.22. The molecule has 0 fully saturated rings. The molecule has 4 nitrogen and oxygen atoms in total. The van der Waals surface area contributed by atoms with Crippen molar-refractivity contribution < 1.29 is 14.3 Å². The summed E-state index contributed by atoms with van der Waals surface area (Å²) in [4.78, 5) is 12.3. The van der Waals surface area contributed by atoms with E-state index in [1.165, 1.54) is 0 Å². The normalized spacial score (nSPS) is 11.7. The van der Waals surface area contributed by atoms with Crippen molar-refractivity contribution in [3.8, 4) is 11.5 Å². The largest absolute Gasteiger partial charge is 0.493 e. The smallest absolute Gasteiger partial charge is 0.251 e. The molecule has 1 atom stereocenters. The highest BCUT2D eigenvalue weighted by molar-refractivity contribution is 6.30. The Morgan fingerprint density at radius 1 is 1.12 bits per heavy atom. The van der Waals surface area contributed by atoms with Crippen molar-refractivity contribution in [2.45, 2.75) is 39.8 Å². The first-order chi connectivity index (χ1) is 12.0. The number of hydrogen-bond acceptors (Lipinski definition) is 3. The van der Waals surface area contributed by atoms with Crippen LogP contribution in [0.2, 0.25) is 5.02 Å². The van der Waals surface area contributed by atoms with Crippen molar-refractivity contribution in [2.75, 3.05) is 6.61 Å². The zero-order chi connectivity index (χ0) is 18.2. The van der Waals surface area contributed by atoms with Crippen molar-refractivity contribution in [1.29, 1.82) is 0 Å². The van der Waals surface area contributed by atoms with Crippen LogP contribution in [0.3, 0.4) is 0 Å². The molecule has 2 aromatic carbocycles. The van der Waals surface area contributed by atoms with Gasteiger partial charge in [0.25, 0.3) is 5.91 Å². The Kier molecular flexibility index (Phi) is 7.14. The molecule has 0 aliphatic heterocycles. The number of amides is 1. The van der Waals surface area contributed by atoms with Gasteiger partial charge >= 0.3 is 0 Å². The van der Waals surface area contributed by atoms with Crippen molar-refractivity contribution in [3.05, 3.63) is 58.6 Å². The van der Waals surface area contributed by atoms with E-state index in [4.69, 9.17) is 21.1 Å². The zero-order valence-electron chi connectivity index (χ0n) is 14.8. The van der Waals surface area contributed by atoms with Gasteiger partial charge in [0.2, 0.25) is 0 Å². The quantitative estimate of drug-likeness (QED) is 0.731. The first-order valence-electron chi connectivity index (χ1n) is 8.48. The van der Waals surface area contributed by atoms with Gasteiger partial charge in [0, 0.05) is 22.2 Å². The number of ether oxygens (including phenoxy) is 2. The summed E-state index contributed by atoms with van der Waals surface area (Å²) < 4.78 is 11.4. The lowest BCUT2D eigenvalue weighted by atomic mass is 10.1. The van der Waals surface area contributed by atoms with Gasteiger partial charge in [-0.05, 0) is 62.7 Å². The minimum absolute atomic E-state index is 0.0925. The molecule has 0 saturated carbocycles. The summed E-state index contributed by atoms with van der Waals surface area (Å²) in [5.41, 5.74) is 1.42. The number of rotatable bonds is 8. The van der Waals surface area contributed by atoms with E-state index in [9.17, 15) is 4.79 Å². The second-order valence-electron chi connectivity index (χ2n) is 5.78. The van der Waals surface area contributed by atoms with Crippen LogP contribution in [0.25, 0.3) is 0 Å². The summed E-state index contributed by atoms with van der Waals surface area (Å²) in [6.07, 6.45) is 0.884. The number of carbonyl (C=O) groups is 1. The Morgan fingerprint density at radius 2 is 1.84 bits per heavy atom. The summed E-state index contributed by atoms with van der Waals surface area (Å²) in [6, 6.07) is 12.7. The first kappa shape index (κ1) is 19.1. The number of carbonyl (C=O) groups excluding carboxylic acids is 1. The Labute approximate surface area is 154 Å². The predicted molar refractivity (Wildman–Crippen MR) is 101 cm³/mol. The molecule has 0 saturated heterocycles.